The minimum Gasteiger partial charge on any atom is -0.368 e. The number of piperazine rings is 1. The van der Waals surface area contributed by atoms with Crippen molar-refractivity contribution in [1.82, 2.24) is 0 Å². The first-order chi connectivity index (χ1) is 16.2. The van der Waals surface area contributed by atoms with Crippen molar-refractivity contribution < 1.29 is 0 Å². The minimum absolute atomic E-state index is 0.557. The lowest BCUT2D eigenvalue weighted by Crippen LogP contribution is -2.46. The maximum Gasteiger partial charge on any atom is 0.0402 e. The zero-order valence-corrected chi connectivity index (χ0v) is 20.0. The Morgan fingerprint density at radius 2 is 1.61 bits per heavy atom. The maximum absolute atomic E-state index is 2.58. The summed E-state index contributed by atoms with van der Waals surface area (Å²) in [5.41, 5.74) is 10.5. The molecule has 1 aliphatic heterocycles. The molecule has 1 fully saturated rings. The van der Waals surface area contributed by atoms with Gasteiger partial charge in [0, 0.05) is 37.6 Å². The van der Waals surface area contributed by atoms with Crippen LogP contribution in [0.1, 0.15) is 55.7 Å². The first-order valence-electron chi connectivity index (χ1n) is 12.7. The molecule has 33 heavy (non-hydrogen) atoms. The molecule has 0 amide bonds. The number of hydrogen-bond donors (Lipinski definition) is 0. The Morgan fingerprint density at radius 3 is 2.45 bits per heavy atom. The van der Waals surface area contributed by atoms with Gasteiger partial charge < -0.3 is 9.80 Å². The third-order valence-electron chi connectivity index (χ3n) is 7.90. The molecule has 6 rings (SSSR count). The first-order valence-corrected chi connectivity index (χ1v) is 12.7. The summed E-state index contributed by atoms with van der Waals surface area (Å²) in [7, 11) is 0. The Bertz CT molecular complexity index is 1260. The second kappa shape index (κ2) is 8.41. The van der Waals surface area contributed by atoms with Gasteiger partial charge in [0.1, 0.15) is 0 Å². The number of para-hydroxylation sites is 1. The molecule has 2 aliphatic carbocycles. The maximum atomic E-state index is 2.58. The Kier molecular flexibility index (Phi) is 5.25. The fraction of sp³-hybridized carbons (Fsp3) is 0.355. The van der Waals surface area contributed by atoms with Gasteiger partial charge in [-0.15, -0.1) is 0 Å². The third-order valence-corrected chi connectivity index (χ3v) is 7.90. The predicted molar refractivity (Wildman–Crippen MR) is 143 cm³/mol. The molecule has 0 spiro atoms. The van der Waals surface area contributed by atoms with Gasteiger partial charge in [-0.3, -0.25) is 0 Å². The van der Waals surface area contributed by atoms with Crippen LogP contribution in [0, 0.1) is 0 Å². The monoisotopic (exact) mass is 434 g/mol. The van der Waals surface area contributed by atoms with Crippen molar-refractivity contribution in [3.63, 3.8) is 0 Å². The second-order valence-electron chi connectivity index (χ2n) is 10.1. The van der Waals surface area contributed by atoms with Gasteiger partial charge >= 0.3 is 0 Å². The van der Waals surface area contributed by atoms with E-state index in [2.05, 4.69) is 90.4 Å². The van der Waals surface area contributed by atoms with E-state index in [0.717, 1.165) is 26.2 Å². The van der Waals surface area contributed by atoms with Gasteiger partial charge in [0.05, 0.1) is 0 Å². The van der Waals surface area contributed by atoms with Crippen LogP contribution < -0.4 is 9.80 Å². The van der Waals surface area contributed by atoms with Gasteiger partial charge in [0.2, 0.25) is 0 Å². The van der Waals surface area contributed by atoms with Gasteiger partial charge in [-0.05, 0) is 82.8 Å². The predicted octanol–water partition coefficient (Wildman–Crippen LogP) is 7.34. The lowest BCUT2D eigenvalue weighted by Gasteiger charge is -2.38. The van der Waals surface area contributed by atoms with E-state index >= 15 is 0 Å². The van der Waals surface area contributed by atoms with Crippen molar-refractivity contribution in [2.45, 2.75) is 45.4 Å². The van der Waals surface area contributed by atoms with E-state index in [1.807, 2.05) is 0 Å². The fourth-order valence-electron chi connectivity index (χ4n) is 6.10. The lowest BCUT2D eigenvalue weighted by molar-refractivity contribution is 0.649. The molecule has 3 aliphatic rings. The first kappa shape index (κ1) is 20.6. The Hall–Kier alpha value is -3.00. The molecule has 1 saturated heterocycles. The van der Waals surface area contributed by atoms with Crippen LogP contribution in [-0.2, 0) is 6.42 Å². The zero-order chi connectivity index (χ0) is 22.4. The van der Waals surface area contributed by atoms with E-state index in [9.17, 15) is 0 Å². The van der Waals surface area contributed by atoms with Crippen molar-refractivity contribution in [2.75, 3.05) is 36.0 Å². The topological polar surface area (TPSA) is 6.48 Å². The van der Waals surface area contributed by atoms with Crippen LogP contribution in [0.2, 0.25) is 0 Å². The Labute approximate surface area is 198 Å². The highest BCUT2D eigenvalue weighted by Crippen LogP contribution is 2.40. The third kappa shape index (κ3) is 3.66. The number of benzene rings is 3. The number of hydrogen-bond acceptors (Lipinski definition) is 2. The average Bonchev–Trinajstić information content (AvgIpc) is 2.88. The van der Waals surface area contributed by atoms with Crippen LogP contribution in [0.5, 0.6) is 0 Å². The van der Waals surface area contributed by atoms with Crippen LogP contribution in [0.25, 0.3) is 16.3 Å². The zero-order valence-electron chi connectivity index (χ0n) is 20.0. The Balaban J connectivity index is 1.24. The minimum atomic E-state index is 0.557. The van der Waals surface area contributed by atoms with Crippen molar-refractivity contribution in [2.24, 2.45) is 0 Å². The summed E-state index contributed by atoms with van der Waals surface area (Å²) in [6.45, 7) is 8.90. The highest BCUT2D eigenvalue weighted by molar-refractivity contribution is 5.95. The van der Waals surface area contributed by atoms with Gasteiger partial charge in [0.15, 0.2) is 0 Å². The van der Waals surface area contributed by atoms with Gasteiger partial charge in [-0.1, -0.05) is 68.0 Å². The Morgan fingerprint density at radius 1 is 0.788 bits per heavy atom. The highest BCUT2D eigenvalue weighted by atomic mass is 15.3. The largest absolute Gasteiger partial charge is 0.368 e. The molecule has 1 heterocycles. The number of nitrogens with zero attached hydrogens (tertiary/aromatic N) is 2. The van der Waals surface area contributed by atoms with E-state index in [4.69, 9.17) is 0 Å². The molecule has 0 N–H and O–H groups in total. The van der Waals surface area contributed by atoms with Crippen LogP contribution in [0.15, 0.2) is 72.3 Å². The number of anilines is 2. The van der Waals surface area contributed by atoms with Crippen LogP contribution in [0.4, 0.5) is 11.4 Å². The normalized spacial score (nSPS) is 18.2. The number of fused-ring (bicyclic) bond motifs is 4. The summed E-state index contributed by atoms with van der Waals surface area (Å²) < 4.78 is 0. The molecule has 0 unspecified atom stereocenters. The van der Waals surface area contributed by atoms with Crippen molar-refractivity contribution in [3.8, 4) is 0 Å². The van der Waals surface area contributed by atoms with Crippen LogP contribution >= 0.6 is 0 Å². The molecule has 0 aromatic heterocycles. The average molecular weight is 435 g/mol. The fourth-order valence-corrected chi connectivity index (χ4v) is 6.10. The molecule has 0 bridgehead atoms. The summed E-state index contributed by atoms with van der Waals surface area (Å²) in [5.74, 6) is 0.557. The molecule has 0 saturated carbocycles. The summed E-state index contributed by atoms with van der Waals surface area (Å²) in [5, 5.41) is 2.84. The van der Waals surface area contributed by atoms with Crippen molar-refractivity contribution in [1.29, 1.82) is 0 Å². The number of aryl methyl sites for hydroxylation is 1. The molecular formula is C31H34N2. The molecule has 0 radical (unpaired) electrons. The summed E-state index contributed by atoms with van der Waals surface area (Å²) in [4.78, 5) is 5.14. The smallest absolute Gasteiger partial charge is 0.0402 e. The number of rotatable bonds is 3. The van der Waals surface area contributed by atoms with Gasteiger partial charge in [0.25, 0.3) is 0 Å². The molecule has 2 nitrogen and oxygen atoms in total. The highest BCUT2D eigenvalue weighted by Gasteiger charge is 2.23. The van der Waals surface area contributed by atoms with Crippen LogP contribution in [0.3, 0.4) is 0 Å². The van der Waals surface area contributed by atoms with Crippen molar-refractivity contribution >= 4 is 27.7 Å². The quantitative estimate of drug-likeness (QED) is 0.425. The van der Waals surface area contributed by atoms with E-state index in [0.29, 0.717) is 5.92 Å². The van der Waals surface area contributed by atoms with Crippen molar-refractivity contribution in [3.05, 3.63) is 89.0 Å². The van der Waals surface area contributed by atoms with E-state index in [1.54, 1.807) is 11.1 Å². The molecule has 0 atom stereocenters. The molecule has 3 aromatic rings. The van der Waals surface area contributed by atoms with Gasteiger partial charge in [-0.25, -0.2) is 0 Å². The molecule has 168 valence electrons. The molecule has 2 heteroatoms. The standard InChI is InChI=1S/C31H34N2/c1-22(2)26-8-5-6-10-31(26)33-19-17-32(18-20-33)25-13-16-28-24(21-25)12-15-29-27-9-4-3-7-23(27)11-14-30(28)29/h4-6,8-10,12-13,15-16,21-22H,3,7,11,14,17-20H2,1-2H3. The second-order valence-corrected chi connectivity index (χ2v) is 10.1. The van der Waals surface area contributed by atoms with Crippen LogP contribution in [-0.4, -0.2) is 26.2 Å². The molecular weight excluding hydrogens is 400 g/mol. The van der Waals surface area contributed by atoms with E-state index in [-0.39, 0.29) is 0 Å². The number of allylic oxidation sites excluding steroid dienone is 4. The molecule has 3 aromatic carbocycles. The SMILES string of the molecule is CC(C)c1ccccc1N1CCN(c2ccc3c4c(ccc3c2)C2=C(CCC=C2)CC4)CC1. The summed E-state index contributed by atoms with van der Waals surface area (Å²) >= 11 is 0. The summed E-state index contributed by atoms with van der Waals surface area (Å²) in [6, 6.07) is 20.9. The van der Waals surface area contributed by atoms with Gasteiger partial charge in [-0.2, -0.15) is 0 Å². The summed E-state index contributed by atoms with van der Waals surface area (Å²) in [6.07, 6.45) is 9.59. The van der Waals surface area contributed by atoms with E-state index < -0.39 is 0 Å². The van der Waals surface area contributed by atoms with E-state index in [1.165, 1.54) is 64.5 Å². The lowest BCUT2D eigenvalue weighted by atomic mass is 9.79.